The van der Waals surface area contributed by atoms with Crippen LogP contribution in [0.4, 0.5) is 9.59 Å². The predicted octanol–water partition coefficient (Wildman–Crippen LogP) is -2.10. The van der Waals surface area contributed by atoms with E-state index in [0.717, 1.165) is 4.90 Å². The van der Waals surface area contributed by atoms with E-state index in [4.69, 9.17) is 0 Å². The molecule has 0 aromatic rings. The number of carboxylic acids is 1. The van der Waals surface area contributed by atoms with Crippen molar-refractivity contribution in [3.63, 3.8) is 0 Å². The lowest BCUT2D eigenvalue weighted by Crippen LogP contribution is -2.55. The molecule has 0 unspecified atom stereocenters. The Morgan fingerprint density at radius 3 is 2.71 bits per heavy atom. The Hall–Kier alpha value is -1.99. The van der Waals surface area contributed by atoms with Gasteiger partial charge < -0.3 is 25.9 Å². The van der Waals surface area contributed by atoms with Gasteiger partial charge in [-0.3, -0.25) is 4.90 Å². The van der Waals surface area contributed by atoms with Crippen LogP contribution in [-0.2, 0) is 4.79 Å². The molecule has 0 saturated carbocycles. The van der Waals surface area contributed by atoms with E-state index in [1.165, 1.54) is 0 Å². The van der Waals surface area contributed by atoms with E-state index >= 15 is 0 Å². The number of carbonyl (C=O) groups is 3. The van der Waals surface area contributed by atoms with Gasteiger partial charge in [-0.25, -0.2) is 9.59 Å². The first-order valence-electron chi connectivity index (χ1n) is 5.41. The summed E-state index contributed by atoms with van der Waals surface area (Å²) in [6.07, 6.45) is -0.381. The number of rotatable bonds is 4. The van der Waals surface area contributed by atoms with Crippen LogP contribution in [0.25, 0.3) is 0 Å². The van der Waals surface area contributed by atoms with Crippen LogP contribution in [0.5, 0.6) is 0 Å². The number of nitrogens with zero attached hydrogens (tertiary/aromatic N) is 1. The highest BCUT2D eigenvalue weighted by atomic mass is 16.4. The number of carboxylic acid groups (broad SMARTS) is 1. The quantitative estimate of drug-likeness (QED) is 0.523. The van der Waals surface area contributed by atoms with E-state index in [0.29, 0.717) is 6.42 Å². The summed E-state index contributed by atoms with van der Waals surface area (Å²) in [5.41, 5.74) is 0. The summed E-state index contributed by atoms with van der Waals surface area (Å²) in [4.78, 5) is 34.9. The molecule has 2 saturated heterocycles. The van der Waals surface area contributed by atoms with Gasteiger partial charge in [0.05, 0.1) is 12.0 Å². The van der Waals surface area contributed by atoms with Crippen molar-refractivity contribution < 1.29 is 19.5 Å². The molecule has 17 heavy (non-hydrogen) atoms. The molecule has 0 spiro atoms. The van der Waals surface area contributed by atoms with Crippen LogP contribution >= 0.6 is 0 Å². The average molecular weight is 241 g/mol. The van der Waals surface area contributed by atoms with Gasteiger partial charge in [-0.05, 0) is 6.42 Å². The molecule has 0 aliphatic carbocycles. The van der Waals surface area contributed by atoms with Crippen molar-refractivity contribution in [2.75, 3.05) is 0 Å². The van der Waals surface area contributed by atoms with Crippen molar-refractivity contribution in [2.45, 2.75) is 38.1 Å². The van der Waals surface area contributed by atoms with Crippen LogP contribution in [0.1, 0.15) is 19.8 Å². The molecule has 2 aliphatic heterocycles. The molecule has 3 atom stereocenters. The highest BCUT2D eigenvalue weighted by Gasteiger charge is 2.48. The Labute approximate surface area is 97.3 Å². The SMILES string of the molecule is CCC[C@@H](C(=O)[O-])N1C(=O)N[C@@H]2NC(=O)N[C@H]21. The first kappa shape index (κ1) is 11.5. The molecular formula is C9H13N4O4-. The Morgan fingerprint density at radius 2 is 2.12 bits per heavy atom. The number of hydrogen-bond acceptors (Lipinski definition) is 4. The van der Waals surface area contributed by atoms with Crippen LogP contribution in [0.15, 0.2) is 0 Å². The van der Waals surface area contributed by atoms with Crippen molar-refractivity contribution in [1.29, 1.82) is 0 Å². The summed E-state index contributed by atoms with van der Waals surface area (Å²) in [5.74, 6) is -1.32. The van der Waals surface area contributed by atoms with E-state index in [9.17, 15) is 19.5 Å². The highest BCUT2D eigenvalue weighted by molar-refractivity contribution is 5.88. The molecule has 2 rings (SSSR count). The first-order chi connectivity index (χ1) is 8.04. The summed E-state index contributed by atoms with van der Waals surface area (Å²) in [6.45, 7) is 1.81. The predicted molar refractivity (Wildman–Crippen MR) is 53.3 cm³/mol. The van der Waals surface area contributed by atoms with Crippen LogP contribution in [0, 0.1) is 0 Å². The zero-order chi connectivity index (χ0) is 12.6. The maximum absolute atomic E-state index is 11.6. The standard InChI is InChI=1S/C9H14N4O4/c1-2-3-4(7(14)15)13-6-5(11-9(13)17)10-8(16)12-6/h4-6H,2-3H2,1H3,(H,11,17)(H,14,15)(H2,10,12,16)/p-1/t4-,5-,6-/m0/s1. The van der Waals surface area contributed by atoms with E-state index < -0.39 is 36.4 Å². The lowest BCUT2D eigenvalue weighted by Gasteiger charge is -2.31. The second-order valence-electron chi connectivity index (χ2n) is 4.02. The van der Waals surface area contributed by atoms with Crippen molar-refractivity contribution in [2.24, 2.45) is 0 Å². The number of nitrogens with one attached hydrogen (secondary N) is 3. The molecule has 0 aromatic heterocycles. The minimum Gasteiger partial charge on any atom is -0.548 e. The number of aliphatic carboxylic acids is 1. The van der Waals surface area contributed by atoms with E-state index in [1.807, 2.05) is 6.92 Å². The normalized spacial score (nSPS) is 28.2. The summed E-state index contributed by atoms with van der Waals surface area (Å²) in [6, 6.07) is -1.98. The van der Waals surface area contributed by atoms with Crippen molar-refractivity contribution in [1.82, 2.24) is 20.9 Å². The van der Waals surface area contributed by atoms with Gasteiger partial charge in [0.1, 0.15) is 12.3 Å². The number of fused-ring (bicyclic) bond motifs is 1. The first-order valence-corrected chi connectivity index (χ1v) is 5.41. The van der Waals surface area contributed by atoms with Gasteiger partial charge in [0, 0.05) is 0 Å². The van der Waals surface area contributed by atoms with E-state index in [1.54, 1.807) is 0 Å². The topological polar surface area (TPSA) is 114 Å². The fourth-order valence-corrected chi connectivity index (χ4v) is 2.14. The Morgan fingerprint density at radius 1 is 1.41 bits per heavy atom. The molecule has 4 amide bonds. The van der Waals surface area contributed by atoms with Gasteiger partial charge in [0.25, 0.3) is 0 Å². The largest absolute Gasteiger partial charge is 0.548 e. The lowest BCUT2D eigenvalue weighted by atomic mass is 10.1. The zero-order valence-corrected chi connectivity index (χ0v) is 9.23. The molecule has 2 aliphatic rings. The lowest BCUT2D eigenvalue weighted by molar-refractivity contribution is -0.311. The number of hydrogen-bond donors (Lipinski definition) is 3. The second-order valence-corrected chi connectivity index (χ2v) is 4.02. The van der Waals surface area contributed by atoms with Gasteiger partial charge in [0.2, 0.25) is 0 Å². The molecule has 8 nitrogen and oxygen atoms in total. The molecule has 0 bridgehead atoms. The van der Waals surface area contributed by atoms with Crippen LogP contribution < -0.4 is 21.1 Å². The third-order valence-electron chi connectivity index (χ3n) is 2.86. The third-order valence-corrected chi connectivity index (χ3v) is 2.86. The van der Waals surface area contributed by atoms with Gasteiger partial charge in [0.15, 0.2) is 0 Å². The third kappa shape index (κ3) is 1.85. The van der Waals surface area contributed by atoms with Crippen molar-refractivity contribution in [3.8, 4) is 0 Å². The summed E-state index contributed by atoms with van der Waals surface area (Å²) >= 11 is 0. The monoisotopic (exact) mass is 241 g/mol. The van der Waals surface area contributed by atoms with Gasteiger partial charge >= 0.3 is 12.1 Å². The Balaban J connectivity index is 2.20. The molecule has 0 radical (unpaired) electrons. The van der Waals surface area contributed by atoms with E-state index in [2.05, 4.69) is 16.0 Å². The Bertz CT molecular complexity index is 372. The molecule has 8 heteroatoms. The summed E-state index contributed by atoms with van der Waals surface area (Å²) in [5, 5.41) is 18.5. The van der Waals surface area contributed by atoms with Crippen LogP contribution in [0.2, 0.25) is 0 Å². The number of urea groups is 2. The van der Waals surface area contributed by atoms with Crippen LogP contribution in [0.3, 0.4) is 0 Å². The smallest absolute Gasteiger partial charge is 0.321 e. The fourth-order valence-electron chi connectivity index (χ4n) is 2.14. The second kappa shape index (κ2) is 4.11. The number of amides is 4. The molecular weight excluding hydrogens is 228 g/mol. The fraction of sp³-hybridized carbons (Fsp3) is 0.667. The summed E-state index contributed by atoms with van der Waals surface area (Å²) < 4.78 is 0. The van der Waals surface area contributed by atoms with Gasteiger partial charge in [-0.15, -0.1) is 0 Å². The highest BCUT2D eigenvalue weighted by Crippen LogP contribution is 2.19. The molecule has 94 valence electrons. The van der Waals surface area contributed by atoms with Gasteiger partial charge in [-0.1, -0.05) is 13.3 Å². The van der Waals surface area contributed by atoms with Crippen LogP contribution in [-0.4, -0.2) is 41.3 Å². The molecule has 2 fully saturated rings. The zero-order valence-electron chi connectivity index (χ0n) is 9.23. The number of carbonyl (C=O) groups excluding carboxylic acids is 3. The molecule has 2 heterocycles. The van der Waals surface area contributed by atoms with Crippen molar-refractivity contribution >= 4 is 18.0 Å². The maximum Gasteiger partial charge on any atom is 0.321 e. The molecule has 3 N–H and O–H groups in total. The van der Waals surface area contributed by atoms with Gasteiger partial charge in [-0.2, -0.15) is 0 Å². The minimum atomic E-state index is -1.32. The summed E-state index contributed by atoms with van der Waals surface area (Å²) in [7, 11) is 0. The Kier molecular flexibility index (Phi) is 2.78. The molecule has 0 aromatic carbocycles. The van der Waals surface area contributed by atoms with E-state index in [-0.39, 0.29) is 6.42 Å². The van der Waals surface area contributed by atoms with Crippen molar-refractivity contribution in [3.05, 3.63) is 0 Å². The average Bonchev–Trinajstić information content (AvgIpc) is 2.70. The minimum absolute atomic E-state index is 0.287. The maximum atomic E-state index is 11.6.